The Kier molecular flexibility index (Phi) is 6.31. The second-order valence-corrected chi connectivity index (χ2v) is 8.42. The average molecular weight is 443 g/mol. The third kappa shape index (κ3) is 5.21. The molecule has 31 heavy (non-hydrogen) atoms. The maximum Gasteiger partial charge on any atom is 0.354 e. The van der Waals surface area contributed by atoms with E-state index in [0.717, 1.165) is 15.7 Å². The van der Waals surface area contributed by atoms with Crippen molar-refractivity contribution >= 4 is 29.2 Å². The Bertz CT molecular complexity index is 1230. The number of nitrogens with zero attached hydrogens (tertiary/aromatic N) is 3. The molecule has 1 heterocycles. The normalized spacial score (nSPS) is 11.4. The second kappa shape index (κ2) is 8.77. The Morgan fingerprint density at radius 1 is 1.13 bits per heavy atom. The number of rotatable bonds is 7. The first-order valence-electron chi connectivity index (χ1n) is 9.60. The standard InChI is InChI=1S/C22H23ClN4O4/c1-14-5-4-6-17(11-14)24-19-25-20(30)27(13-22(2,3)18(28)29)21(31)26(19)12-15-7-9-16(23)10-8-15/h4-11H,12-13H2,1-3H3,(H,28,29)(H,24,25,30). The summed E-state index contributed by atoms with van der Waals surface area (Å²) in [5, 5.41) is 13.0. The first kappa shape index (κ1) is 22.3. The maximum absolute atomic E-state index is 13.3. The molecule has 0 bridgehead atoms. The summed E-state index contributed by atoms with van der Waals surface area (Å²) in [6, 6.07) is 14.4. The molecule has 0 atom stereocenters. The smallest absolute Gasteiger partial charge is 0.354 e. The van der Waals surface area contributed by atoms with E-state index >= 15 is 0 Å². The SMILES string of the molecule is Cc1cccc(Nc2nc(=O)n(CC(C)(C)C(=O)O)c(=O)n2Cc2ccc(Cl)cc2)c1. The minimum absolute atomic E-state index is 0.0694. The molecule has 8 nitrogen and oxygen atoms in total. The summed E-state index contributed by atoms with van der Waals surface area (Å²) in [7, 11) is 0. The van der Waals surface area contributed by atoms with E-state index < -0.39 is 22.8 Å². The first-order chi connectivity index (χ1) is 14.6. The van der Waals surface area contributed by atoms with Crippen LogP contribution >= 0.6 is 11.6 Å². The highest BCUT2D eigenvalue weighted by Crippen LogP contribution is 2.18. The molecule has 3 aromatic rings. The lowest BCUT2D eigenvalue weighted by molar-refractivity contribution is -0.147. The van der Waals surface area contributed by atoms with Crippen molar-refractivity contribution in [1.29, 1.82) is 0 Å². The van der Waals surface area contributed by atoms with Crippen molar-refractivity contribution in [3.8, 4) is 0 Å². The summed E-state index contributed by atoms with van der Waals surface area (Å²) < 4.78 is 2.16. The van der Waals surface area contributed by atoms with Crippen molar-refractivity contribution in [3.05, 3.63) is 85.6 Å². The van der Waals surface area contributed by atoms with Gasteiger partial charge in [-0.2, -0.15) is 4.98 Å². The quantitative estimate of drug-likeness (QED) is 0.581. The number of hydrogen-bond donors (Lipinski definition) is 2. The van der Waals surface area contributed by atoms with Gasteiger partial charge in [-0.3, -0.25) is 9.36 Å². The number of hydrogen-bond acceptors (Lipinski definition) is 5. The van der Waals surface area contributed by atoms with Crippen LogP contribution in [0.3, 0.4) is 0 Å². The zero-order chi connectivity index (χ0) is 22.8. The molecule has 2 N–H and O–H groups in total. The van der Waals surface area contributed by atoms with Gasteiger partial charge < -0.3 is 10.4 Å². The van der Waals surface area contributed by atoms with Crippen LogP contribution in [0.5, 0.6) is 0 Å². The highest BCUT2D eigenvalue weighted by Gasteiger charge is 2.30. The van der Waals surface area contributed by atoms with Crippen LogP contribution in [0, 0.1) is 12.3 Å². The van der Waals surface area contributed by atoms with Gasteiger partial charge in [0.1, 0.15) is 0 Å². The van der Waals surface area contributed by atoms with Gasteiger partial charge in [0.2, 0.25) is 5.95 Å². The van der Waals surface area contributed by atoms with Gasteiger partial charge in [-0.05, 0) is 56.2 Å². The van der Waals surface area contributed by atoms with Crippen molar-refractivity contribution in [3.63, 3.8) is 0 Å². The Morgan fingerprint density at radius 3 is 2.42 bits per heavy atom. The van der Waals surface area contributed by atoms with E-state index in [1.54, 1.807) is 30.3 Å². The van der Waals surface area contributed by atoms with Gasteiger partial charge in [0.05, 0.1) is 12.0 Å². The van der Waals surface area contributed by atoms with E-state index in [1.165, 1.54) is 18.4 Å². The molecule has 0 spiro atoms. The number of aliphatic carboxylic acids is 1. The summed E-state index contributed by atoms with van der Waals surface area (Å²) in [5.74, 6) is -1.05. The van der Waals surface area contributed by atoms with Crippen molar-refractivity contribution in [2.24, 2.45) is 5.41 Å². The number of carboxylic acid groups (broad SMARTS) is 1. The summed E-state index contributed by atoms with van der Waals surface area (Å²) in [6.45, 7) is 4.63. The topological polar surface area (TPSA) is 106 Å². The second-order valence-electron chi connectivity index (χ2n) is 7.98. The van der Waals surface area contributed by atoms with Gasteiger partial charge in [0, 0.05) is 17.3 Å². The zero-order valence-corrected chi connectivity index (χ0v) is 18.2. The number of anilines is 2. The molecule has 0 aliphatic rings. The van der Waals surface area contributed by atoms with Crippen LogP contribution in [0.1, 0.15) is 25.0 Å². The van der Waals surface area contributed by atoms with Crippen LogP contribution in [0.25, 0.3) is 0 Å². The molecule has 0 aliphatic carbocycles. The Morgan fingerprint density at radius 2 is 1.81 bits per heavy atom. The monoisotopic (exact) mass is 442 g/mol. The minimum atomic E-state index is -1.33. The minimum Gasteiger partial charge on any atom is -0.481 e. The molecule has 3 rings (SSSR count). The van der Waals surface area contributed by atoms with E-state index in [0.29, 0.717) is 10.7 Å². The number of carboxylic acids is 1. The molecule has 0 aliphatic heterocycles. The third-order valence-electron chi connectivity index (χ3n) is 4.81. The molecule has 0 saturated carbocycles. The fraction of sp³-hybridized carbons (Fsp3) is 0.273. The summed E-state index contributed by atoms with van der Waals surface area (Å²) >= 11 is 5.95. The molecule has 0 radical (unpaired) electrons. The molecule has 162 valence electrons. The van der Waals surface area contributed by atoms with Gasteiger partial charge in [-0.1, -0.05) is 35.9 Å². The zero-order valence-electron chi connectivity index (χ0n) is 17.4. The molecule has 1 aromatic heterocycles. The molecular weight excluding hydrogens is 420 g/mol. The van der Waals surface area contributed by atoms with Crippen molar-refractivity contribution in [1.82, 2.24) is 14.1 Å². The predicted octanol–water partition coefficient (Wildman–Crippen LogP) is 3.27. The van der Waals surface area contributed by atoms with Crippen molar-refractivity contribution in [2.45, 2.75) is 33.9 Å². The van der Waals surface area contributed by atoms with Gasteiger partial charge >= 0.3 is 17.3 Å². The van der Waals surface area contributed by atoms with Crippen LogP contribution in [0.15, 0.2) is 58.1 Å². The molecule has 0 fully saturated rings. The third-order valence-corrected chi connectivity index (χ3v) is 5.06. The van der Waals surface area contributed by atoms with Crippen LogP contribution in [-0.2, 0) is 17.9 Å². The fourth-order valence-corrected chi connectivity index (χ4v) is 3.12. The summed E-state index contributed by atoms with van der Waals surface area (Å²) in [4.78, 5) is 41.5. The lowest BCUT2D eigenvalue weighted by atomic mass is 9.94. The molecule has 0 amide bonds. The van der Waals surface area contributed by atoms with E-state index in [1.807, 2.05) is 25.1 Å². The molecule has 0 unspecified atom stereocenters. The maximum atomic E-state index is 13.3. The highest BCUT2D eigenvalue weighted by molar-refractivity contribution is 6.30. The van der Waals surface area contributed by atoms with Gasteiger partial charge in [0.15, 0.2) is 0 Å². The summed E-state index contributed by atoms with van der Waals surface area (Å²) in [6.07, 6.45) is 0. The number of benzene rings is 2. The van der Waals surface area contributed by atoms with Crippen molar-refractivity contribution in [2.75, 3.05) is 5.32 Å². The lowest BCUT2D eigenvalue weighted by Gasteiger charge is -2.21. The van der Waals surface area contributed by atoms with Crippen LogP contribution in [0.2, 0.25) is 5.02 Å². The average Bonchev–Trinajstić information content (AvgIpc) is 2.69. The fourth-order valence-electron chi connectivity index (χ4n) is 2.99. The van der Waals surface area contributed by atoms with Crippen LogP contribution in [-0.4, -0.2) is 25.2 Å². The predicted molar refractivity (Wildman–Crippen MR) is 119 cm³/mol. The number of aromatic nitrogens is 3. The van der Waals surface area contributed by atoms with E-state index in [4.69, 9.17) is 11.6 Å². The van der Waals surface area contributed by atoms with Crippen molar-refractivity contribution < 1.29 is 9.90 Å². The van der Waals surface area contributed by atoms with E-state index in [-0.39, 0.29) is 19.0 Å². The van der Waals surface area contributed by atoms with Crippen LogP contribution in [0.4, 0.5) is 11.6 Å². The van der Waals surface area contributed by atoms with E-state index in [2.05, 4.69) is 10.3 Å². The summed E-state index contributed by atoms with van der Waals surface area (Å²) in [5.41, 5.74) is -0.369. The molecule has 0 saturated heterocycles. The highest BCUT2D eigenvalue weighted by atomic mass is 35.5. The van der Waals surface area contributed by atoms with Crippen LogP contribution < -0.4 is 16.7 Å². The number of nitrogens with one attached hydrogen (secondary N) is 1. The Balaban J connectivity index is 2.12. The first-order valence-corrected chi connectivity index (χ1v) is 9.98. The largest absolute Gasteiger partial charge is 0.481 e. The Labute approximate surface area is 183 Å². The van der Waals surface area contributed by atoms with E-state index in [9.17, 15) is 19.5 Å². The number of carbonyl (C=O) groups is 1. The molecule has 2 aromatic carbocycles. The lowest BCUT2D eigenvalue weighted by Crippen LogP contribution is -2.46. The van der Waals surface area contributed by atoms with Gasteiger partial charge in [0.25, 0.3) is 0 Å². The number of aryl methyl sites for hydroxylation is 1. The molecule has 9 heteroatoms. The molecular formula is C22H23ClN4O4. The number of halogens is 1. The Hall–Kier alpha value is -3.39. The van der Waals surface area contributed by atoms with Gasteiger partial charge in [-0.25, -0.2) is 14.2 Å². The van der Waals surface area contributed by atoms with Gasteiger partial charge in [-0.15, -0.1) is 0 Å².